The molecule has 19 heavy (non-hydrogen) atoms. The molecule has 1 aromatic heterocycles. The first-order chi connectivity index (χ1) is 8.91. The molecular formula is C13H21N5S. The first kappa shape index (κ1) is 14.1. The predicted octanol–water partition coefficient (Wildman–Crippen LogP) is 0.972. The van der Waals surface area contributed by atoms with Crippen LogP contribution in [0.25, 0.3) is 0 Å². The fourth-order valence-corrected chi connectivity index (χ4v) is 2.39. The number of thiocarbonyl (C=S) groups is 1. The van der Waals surface area contributed by atoms with Gasteiger partial charge >= 0.3 is 0 Å². The Hall–Kier alpha value is -1.27. The highest BCUT2D eigenvalue weighted by Crippen LogP contribution is 2.20. The van der Waals surface area contributed by atoms with Gasteiger partial charge in [0.25, 0.3) is 0 Å². The molecule has 2 heterocycles. The summed E-state index contributed by atoms with van der Waals surface area (Å²) in [5.74, 6) is 1.00. The number of hydrogen-bond donors (Lipinski definition) is 1. The molecule has 0 unspecified atom stereocenters. The average molecular weight is 279 g/mol. The number of aryl methyl sites for hydroxylation is 1. The lowest BCUT2D eigenvalue weighted by molar-refractivity contribution is 0.168. The number of rotatable bonds is 3. The van der Waals surface area contributed by atoms with Gasteiger partial charge in [-0.05, 0) is 20.8 Å². The molecule has 0 saturated carbocycles. The third kappa shape index (κ3) is 3.01. The predicted molar refractivity (Wildman–Crippen MR) is 81.4 cm³/mol. The molecule has 2 N–H and O–H groups in total. The quantitative estimate of drug-likeness (QED) is 0.832. The second-order valence-corrected chi connectivity index (χ2v) is 5.85. The van der Waals surface area contributed by atoms with Gasteiger partial charge in [-0.1, -0.05) is 12.2 Å². The zero-order valence-electron chi connectivity index (χ0n) is 11.8. The zero-order chi connectivity index (χ0) is 14.0. The van der Waals surface area contributed by atoms with Gasteiger partial charge in [0.1, 0.15) is 12.1 Å². The van der Waals surface area contributed by atoms with E-state index in [9.17, 15) is 0 Å². The number of anilines is 1. The van der Waals surface area contributed by atoms with E-state index >= 15 is 0 Å². The fraction of sp³-hybridized carbons (Fsp3) is 0.615. The van der Waals surface area contributed by atoms with Crippen molar-refractivity contribution >= 4 is 23.0 Å². The van der Waals surface area contributed by atoms with Gasteiger partial charge in [-0.3, -0.25) is 4.90 Å². The Balaban J connectivity index is 2.02. The third-order valence-corrected chi connectivity index (χ3v) is 4.29. The first-order valence-electron chi connectivity index (χ1n) is 6.50. The Morgan fingerprint density at radius 2 is 1.89 bits per heavy atom. The lowest BCUT2D eigenvalue weighted by atomic mass is 10.0. The Morgan fingerprint density at radius 1 is 1.26 bits per heavy atom. The van der Waals surface area contributed by atoms with Gasteiger partial charge < -0.3 is 10.6 Å². The van der Waals surface area contributed by atoms with Crippen LogP contribution in [0.15, 0.2) is 12.4 Å². The molecule has 2 rings (SSSR count). The molecule has 0 amide bonds. The monoisotopic (exact) mass is 279 g/mol. The van der Waals surface area contributed by atoms with E-state index in [1.165, 1.54) is 0 Å². The molecular weight excluding hydrogens is 258 g/mol. The largest absolute Gasteiger partial charge is 0.392 e. The maximum Gasteiger partial charge on any atom is 0.132 e. The third-order valence-electron chi connectivity index (χ3n) is 3.79. The van der Waals surface area contributed by atoms with Crippen LogP contribution in [0.5, 0.6) is 0 Å². The Kier molecular flexibility index (Phi) is 4.01. The van der Waals surface area contributed by atoms with E-state index in [0.717, 1.165) is 37.7 Å². The second-order valence-electron chi connectivity index (χ2n) is 5.41. The van der Waals surface area contributed by atoms with Crippen molar-refractivity contribution in [3.05, 3.63) is 18.1 Å². The van der Waals surface area contributed by atoms with Crippen LogP contribution in [0, 0.1) is 6.92 Å². The minimum absolute atomic E-state index is 0.219. The molecule has 0 aliphatic carbocycles. The van der Waals surface area contributed by atoms with E-state index in [0.29, 0.717) is 4.99 Å². The highest BCUT2D eigenvalue weighted by Gasteiger charge is 2.32. The van der Waals surface area contributed by atoms with E-state index in [1.807, 2.05) is 13.0 Å². The van der Waals surface area contributed by atoms with Gasteiger partial charge in [-0.15, -0.1) is 0 Å². The van der Waals surface area contributed by atoms with Gasteiger partial charge in [0.05, 0.1) is 10.5 Å². The lowest BCUT2D eigenvalue weighted by Gasteiger charge is -2.43. The summed E-state index contributed by atoms with van der Waals surface area (Å²) in [6.07, 6.45) is 1.62. The standard InChI is InChI=1S/C13H21N5S/c1-10-8-11(16-9-15-10)17-4-6-18(7-5-17)13(2,3)12(14)19/h8-9H,4-7H2,1-3H3,(H2,14,19). The van der Waals surface area contributed by atoms with E-state index in [2.05, 4.69) is 33.6 Å². The van der Waals surface area contributed by atoms with Crippen LogP contribution in [-0.2, 0) is 0 Å². The van der Waals surface area contributed by atoms with Gasteiger partial charge in [-0.2, -0.15) is 0 Å². The summed E-state index contributed by atoms with van der Waals surface area (Å²) in [5, 5.41) is 0. The Labute approximate surface area is 119 Å². The van der Waals surface area contributed by atoms with Gasteiger partial charge in [0.15, 0.2) is 0 Å². The SMILES string of the molecule is Cc1cc(N2CCN(C(C)(C)C(N)=S)CC2)ncn1. The van der Waals surface area contributed by atoms with Gasteiger partial charge in [0, 0.05) is 37.9 Å². The van der Waals surface area contributed by atoms with E-state index < -0.39 is 0 Å². The summed E-state index contributed by atoms with van der Waals surface area (Å²) in [6, 6.07) is 2.02. The highest BCUT2D eigenvalue weighted by atomic mass is 32.1. The van der Waals surface area contributed by atoms with Crippen LogP contribution in [0.4, 0.5) is 5.82 Å². The summed E-state index contributed by atoms with van der Waals surface area (Å²) in [7, 11) is 0. The zero-order valence-corrected chi connectivity index (χ0v) is 12.6. The van der Waals surface area contributed by atoms with Crippen LogP contribution in [0.2, 0.25) is 0 Å². The van der Waals surface area contributed by atoms with Crippen molar-refractivity contribution in [2.45, 2.75) is 26.3 Å². The number of nitrogens with two attached hydrogens (primary N) is 1. The molecule has 0 radical (unpaired) electrons. The van der Waals surface area contributed by atoms with Crippen LogP contribution < -0.4 is 10.6 Å². The molecule has 1 aliphatic heterocycles. The van der Waals surface area contributed by atoms with Crippen molar-refractivity contribution in [3.63, 3.8) is 0 Å². The smallest absolute Gasteiger partial charge is 0.132 e. The summed E-state index contributed by atoms with van der Waals surface area (Å²) >= 11 is 5.15. The van der Waals surface area contributed by atoms with Crippen LogP contribution in [0.1, 0.15) is 19.5 Å². The number of piperazine rings is 1. The minimum Gasteiger partial charge on any atom is -0.392 e. The molecule has 5 nitrogen and oxygen atoms in total. The molecule has 1 aromatic rings. The summed E-state index contributed by atoms with van der Waals surface area (Å²) in [5.41, 5.74) is 6.60. The van der Waals surface area contributed by atoms with E-state index in [1.54, 1.807) is 6.33 Å². The van der Waals surface area contributed by atoms with Crippen LogP contribution in [0.3, 0.4) is 0 Å². The van der Waals surface area contributed by atoms with Crippen LogP contribution >= 0.6 is 12.2 Å². The number of hydrogen-bond acceptors (Lipinski definition) is 5. The molecule has 104 valence electrons. The van der Waals surface area contributed by atoms with E-state index in [-0.39, 0.29) is 5.54 Å². The van der Waals surface area contributed by atoms with Crippen molar-refractivity contribution in [1.29, 1.82) is 0 Å². The molecule has 0 bridgehead atoms. The Morgan fingerprint density at radius 3 is 2.42 bits per heavy atom. The second kappa shape index (κ2) is 5.38. The van der Waals surface area contributed by atoms with Gasteiger partial charge in [-0.25, -0.2) is 9.97 Å². The Bertz CT molecular complexity index is 466. The topological polar surface area (TPSA) is 58.3 Å². The van der Waals surface area contributed by atoms with Crippen molar-refractivity contribution in [1.82, 2.24) is 14.9 Å². The fourth-order valence-electron chi connectivity index (χ4n) is 2.26. The molecule has 1 aliphatic rings. The molecule has 0 atom stereocenters. The molecule has 1 fully saturated rings. The van der Waals surface area contributed by atoms with Gasteiger partial charge in [0.2, 0.25) is 0 Å². The molecule has 1 saturated heterocycles. The number of nitrogens with zero attached hydrogens (tertiary/aromatic N) is 4. The normalized spacial score (nSPS) is 17.5. The summed E-state index contributed by atoms with van der Waals surface area (Å²) in [6.45, 7) is 9.89. The van der Waals surface area contributed by atoms with Crippen molar-refractivity contribution in [2.24, 2.45) is 5.73 Å². The van der Waals surface area contributed by atoms with E-state index in [4.69, 9.17) is 18.0 Å². The average Bonchev–Trinajstić information content (AvgIpc) is 2.38. The maximum atomic E-state index is 5.82. The van der Waals surface area contributed by atoms with Crippen molar-refractivity contribution in [3.8, 4) is 0 Å². The molecule has 0 spiro atoms. The van der Waals surface area contributed by atoms with Crippen LogP contribution in [-0.4, -0.2) is 51.6 Å². The highest BCUT2D eigenvalue weighted by molar-refractivity contribution is 7.80. The summed E-state index contributed by atoms with van der Waals surface area (Å²) < 4.78 is 0. The lowest BCUT2D eigenvalue weighted by Crippen LogP contribution is -2.59. The molecule has 6 heteroatoms. The van der Waals surface area contributed by atoms with Crippen molar-refractivity contribution < 1.29 is 0 Å². The van der Waals surface area contributed by atoms with Crippen molar-refractivity contribution in [2.75, 3.05) is 31.1 Å². The molecule has 0 aromatic carbocycles. The summed E-state index contributed by atoms with van der Waals surface area (Å²) in [4.78, 5) is 13.6. The minimum atomic E-state index is -0.219. The maximum absolute atomic E-state index is 5.82. The first-order valence-corrected chi connectivity index (χ1v) is 6.90. The number of aromatic nitrogens is 2.